The lowest BCUT2D eigenvalue weighted by Crippen LogP contribution is -2.15. The van der Waals surface area contributed by atoms with Crippen molar-refractivity contribution in [3.8, 4) is 22.8 Å². The molecule has 2 heterocycles. The second-order valence-electron chi connectivity index (χ2n) is 13.0. The van der Waals surface area contributed by atoms with Gasteiger partial charge in [0.1, 0.15) is 11.6 Å². The molecule has 5 rings (SSSR count). The first-order valence-electron chi connectivity index (χ1n) is 16.1. The van der Waals surface area contributed by atoms with Gasteiger partial charge in [-0.25, -0.2) is 13.8 Å². The fourth-order valence-electron chi connectivity index (χ4n) is 5.71. The Kier molecular flexibility index (Phi) is 11.4. The lowest BCUT2D eigenvalue weighted by Gasteiger charge is -2.24. The standard InChI is InChI=1S/C38H42F2N2O3S2/c1-5-6-14-38(3,4)23-46-16-13-29-28-12-15-41-33(28)21-32(40)36(29)45-27-10-11-31(39)30(20-27)34-22-47-35(42-34)19-26-9-7-8-25(18-26)17-24(2)37(43)44/h7-12,15,18,20-22,24,41H,5-6,13-14,16-17,19,23H2,1-4H3,(H,43,44). The number of carboxylic acids is 1. The third kappa shape index (κ3) is 9.02. The maximum absolute atomic E-state index is 15.6. The summed E-state index contributed by atoms with van der Waals surface area (Å²) in [5.74, 6) is 0.141. The van der Waals surface area contributed by atoms with Crippen molar-refractivity contribution >= 4 is 40.0 Å². The quantitative estimate of drug-likeness (QED) is 0.102. The Morgan fingerprint density at radius 3 is 2.70 bits per heavy atom. The number of hydrogen-bond acceptors (Lipinski definition) is 5. The molecule has 1 unspecified atom stereocenters. The van der Waals surface area contributed by atoms with E-state index in [1.54, 1.807) is 19.2 Å². The first-order chi connectivity index (χ1) is 22.5. The van der Waals surface area contributed by atoms with Gasteiger partial charge in [0.2, 0.25) is 0 Å². The second-order valence-corrected chi connectivity index (χ2v) is 15.0. The summed E-state index contributed by atoms with van der Waals surface area (Å²) in [4.78, 5) is 19.1. The summed E-state index contributed by atoms with van der Waals surface area (Å²) in [6.45, 7) is 8.51. The van der Waals surface area contributed by atoms with E-state index in [9.17, 15) is 9.90 Å². The highest BCUT2D eigenvalue weighted by Crippen LogP contribution is 2.38. The summed E-state index contributed by atoms with van der Waals surface area (Å²) < 4.78 is 36.9. The van der Waals surface area contributed by atoms with Gasteiger partial charge in [0.25, 0.3) is 0 Å². The van der Waals surface area contributed by atoms with Gasteiger partial charge in [0.15, 0.2) is 11.6 Å². The van der Waals surface area contributed by atoms with E-state index in [1.807, 2.05) is 47.5 Å². The number of carboxylic acid groups (broad SMARTS) is 1. The second kappa shape index (κ2) is 15.5. The van der Waals surface area contributed by atoms with Crippen LogP contribution in [0.25, 0.3) is 22.2 Å². The van der Waals surface area contributed by atoms with Crippen LogP contribution in [0.15, 0.2) is 66.2 Å². The highest BCUT2D eigenvalue weighted by Gasteiger charge is 2.21. The van der Waals surface area contributed by atoms with Crippen molar-refractivity contribution < 1.29 is 23.4 Å². The first kappa shape index (κ1) is 34.6. The van der Waals surface area contributed by atoms with Gasteiger partial charge in [-0.2, -0.15) is 11.8 Å². The van der Waals surface area contributed by atoms with Crippen molar-refractivity contribution in [2.24, 2.45) is 11.3 Å². The van der Waals surface area contributed by atoms with Gasteiger partial charge in [0, 0.05) is 46.1 Å². The summed E-state index contributed by atoms with van der Waals surface area (Å²) in [7, 11) is 0. The van der Waals surface area contributed by atoms with E-state index in [4.69, 9.17) is 9.72 Å². The number of fused-ring (bicyclic) bond motifs is 1. The molecule has 47 heavy (non-hydrogen) atoms. The van der Waals surface area contributed by atoms with Crippen LogP contribution in [0.2, 0.25) is 0 Å². The summed E-state index contributed by atoms with van der Waals surface area (Å²) in [6, 6.07) is 15.6. The largest absolute Gasteiger partial charge is 0.481 e. The summed E-state index contributed by atoms with van der Waals surface area (Å²) in [5.41, 5.74) is 4.47. The third-order valence-electron chi connectivity index (χ3n) is 8.36. The zero-order valence-corrected chi connectivity index (χ0v) is 29.0. The van der Waals surface area contributed by atoms with Crippen LogP contribution in [-0.4, -0.2) is 32.5 Å². The summed E-state index contributed by atoms with van der Waals surface area (Å²) in [5, 5.41) is 12.8. The van der Waals surface area contributed by atoms with Crippen molar-refractivity contribution in [1.29, 1.82) is 0 Å². The van der Waals surface area contributed by atoms with Gasteiger partial charge in [-0.05, 0) is 71.6 Å². The first-order valence-corrected chi connectivity index (χ1v) is 18.2. The van der Waals surface area contributed by atoms with E-state index >= 15 is 8.78 Å². The number of halogens is 2. The molecule has 248 valence electrons. The molecular formula is C38H42F2N2O3S2. The van der Waals surface area contributed by atoms with Crippen LogP contribution in [0.5, 0.6) is 11.5 Å². The van der Waals surface area contributed by atoms with E-state index < -0.39 is 23.5 Å². The highest BCUT2D eigenvalue weighted by atomic mass is 32.2. The molecule has 5 aromatic rings. The van der Waals surface area contributed by atoms with Crippen molar-refractivity contribution in [3.05, 3.63) is 99.5 Å². The van der Waals surface area contributed by atoms with E-state index in [2.05, 4.69) is 25.8 Å². The molecule has 9 heteroatoms. The molecule has 0 amide bonds. The van der Waals surface area contributed by atoms with E-state index in [0.717, 1.165) is 44.1 Å². The van der Waals surface area contributed by atoms with Gasteiger partial charge in [-0.15, -0.1) is 11.3 Å². The van der Waals surface area contributed by atoms with Crippen LogP contribution in [0.1, 0.15) is 68.7 Å². The average molecular weight is 677 g/mol. The Balaban J connectivity index is 1.33. The summed E-state index contributed by atoms with van der Waals surface area (Å²) in [6.07, 6.45) is 7.00. The molecule has 0 bridgehead atoms. The number of thioether (sulfide) groups is 1. The zero-order chi connectivity index (χ0) is 33.6. The predicted octanol–water partition coefficient (Wildman–Crippen LogP) is 10.7. The normalized spacial score (nSPS) is 12.5. The van der Waals surface area contributed by atoms with Crippen molar-refractivity contribution in [2.45, 2.75) is 66.2 Å². The number of benzene rings is 3. The van der Waals surface area contributed by atoms with Crippen LogP contribution >= 0.6 is 23.1 Å². The molecule has 1 atom stereocenters. The number of aryl methyl sites for hydroxylation is 1. The number of ether oxygens (including phenoxy) is 1. The van der Waals surface area contributed by atoms with Crippen LogP contribution < -0.4 is 4.74 Å². The molecule has 0 aliphatic heterocycles. The van der Waals surface area contributed by atoms with Crippen LogP contribution in [0.3, 0.4) is 0 Å². The van der Waals surface area contributed by atoms with Crippen LogP contribution in [0.4, 0.5) is 8.78 Å². The smallest absolute Gasteiger partial charge is 0.306 e. The van der Waals surface area contributed by atoms with Gasteiger partial charge in [0.05, 0.1) is 16.6 Å². The van der Waals surface area contributed by atoms with E-state index in [0.29, 0.717) is 30.7 Å². The zero-order valence-electron chi connectivity index (χ0n) is 27.4. The number of nitrogens with one attached hydrogen (secondary N) is 1. The minimum absolute atomic E-state index is 0.163. The lowest BCUT2D eigenvalue weighted by molar-refractivity contribution is -0.141. The highest BCUT2D eigenvalue weighted by molar-refractivity contribution is 7.99. The SMILES string of the molecule is CCCCC(C)(C)CSCCc1c(Oc2ccc(F)c(-c3csc(Cc4cccc(CC(C)C(=O)O)c4)n3)c2)c(F)cc2[nH]ccc12. The number of hydrogen-bond donors (Lipinski definition) is 2. The molecule has 0 saturated carbocycles. The van der Waals surface area contributed by atoms with Gasteiger partial charge in [-0.1, -0.05) is 64.8 Å². The maximum Gasteiger partial charge on any atom is 0.306 e. The molecule has 0 aliphatic rings. The maximum atomic E-state index is 15.6. The fourth-order valence-corrected chi connectivity index (χ4v) is 7.73. The lowest BCUT2D eigenvalue weighted by atomic mass is 9.90. The number of aliphatic carboxylic acids is 1. The molecule has 0 spiro atoms. The molecule has 5 nitrogen and oxygen atoms in total. The summed E-state index contributed by atoms with van der Waals surface area (Å²) >= 11 is 3.31. The Bertz CT molecular complexity index is 1830. The third-order valence-corrected chi connectivity index (χ3v) is 10.7. The number of H-pyrrole nitrogens is 1. The number of aromatic nitrogens is 2. The number of nitrogens with zero attached hydrogens (tertiary/aromatic N) is 1. The van der Waals surface area contributed by atoms with Crippen molar-refractivity contribution in [1.82, 2.24) is 9.97 Å². The van der Waals surface area contributed by atoms with Gasteiger partial charge >= 0.3 is 5.97 Å². The number of thiazole rings is 1. The number of carbonyl (C=O) groups is 1. The average Bonchev–Trinajstić information content (AvgIpc) is 3.70. The Morgan fingerprint density at radius 1 is 1.11 bits per heavy atom. The number of rotatable bonds is 16. The van der Waals surface area contributed by atoms with E-state index in [1.165, 1.54) is 48.8 Å². The minimum Gasteiger partial charge on any atom is -0.481 e. The Hall–Kier alpha value is -3.69. The topological polar surface area (TPSA) is 75.2 Å². The van der Waals surface area contributed by atoms with Crippen molar-refractivity contribution in [3.63, 3.8) is 0 Å². The monoisotopic (exact) mass is 676 g/mol. The Labute approximate surface area is 283 Å². The fraction of sp³-hybridized carbons (Fsp3) is 0.368. The molecule has 2 N–H and O–H groups in total. The van der Waals surface area contributed by atoms with Gasteiger partial charge in [-0.3, -0.25) is 4.79 Å². The van der Waals surface area contributed by atoms with Crippen molar-refractivity contribution in [2.75, 3.05) is 11.5 Å². The van der Waals surface area contributed by atoms with Gasteiger partial charge < -0.3 is 14.8 Å². The molecule has 0 aliphatic carbocycles. The number of aromatic amines is 1. The molecule has 0 radical (unpaired) electrons. The molecule has 0 fully saturated rings. The molecule has 0 saturated heterocycles. The minimum atomic E-state index is -0.825. The molecule has 3 aromatic carbocycles. The molecular weight excluding hydrogens is 635 g/mol. The number of unbranched alkanes of at least 4 members (excludes halogenated alkanes) is 1. The molecule has 2 aromatic heterocycles. The van der Waals surface area contributed by atoms with E-state index in [-0.39, 0.29) is 16.7 Å². The van der Waals surface area contributed by atoms with Crippen LogP contribution in [0, 0.1) is 23.0 Å². The Morgan fingerprint density at radius 2 is 1.91 bits per heavy atom. The van der Waals surface area contributed by atoms with Crippen LogP contribution in [-0.2, 0) is 24.1 Å². The predicted molar refractivity (Wildman–Crippen MR) is 190 cm³/mol.